The second kappa shape index (κ2) is 10.1. The highest BCUT2D eigenvalue weighted by molar-refractivity contribution is 7.09. The first kappa shape index (κ1) is 22.4. The van der Waals surface area contributed by atoms with Gasteiger partial charge in [-0.3, -0.25) is 4.79 Å². The minimum Gasteiger partial charge on any atom is -0.486 e. The average Bonchev–Trinajstić information content (AvgIpc) is 3.02. The molecule has 1 amide bonds. The number of carbonyl (C=O) groups excluding carboxylic acids is 1. The normalized spacial score (nSPS) is 11.3. The molecule has 0 N–H and O–H groups in total. The van der Waals surface area contributed by atoms with E-state index < -0.39 is 0 Å². The number of benzene rings is 1. The van der Waals surface area contributed by atoms with Crippen LogP contribution in [0.5, 0.6) is 5.75 Å². The molecule has 154 valence electrons. The van der Waals surface area contributed by atoms with Crippen LogP contribution < -0.4 is 4.74 Å². The van der Waals surface area contributed by atoms with Gasteiger partial charge in [0, 0.05) is 18.3 Å². The van der Waals surface area contributed by atoms with Crippen LogP contribution >= 0.6 is 11.3 Å². The van der Waals surface area contributed by atoms with Crippen molar-refractivity contribution < 1.29 is 9.53 Å². The Hall–Kier alpha value is -1.88. The Morgan fingerprint density at radius 3 is 2.50 bits per heavy atom. The highest BCUT2D eigenvalue weighted by Gasteiger charge is 2.18. The Morgan fingerprint density at radius 2 is 1.86 bits per heavy atom. The van der Waals surface area contributed by atoms with Crippen LogP contribution in [0.15, 0.2) is 17.5 Å². The van der Waals surface area contributed by atoms with Gasteiger partial charge in [0.25, 0.3) is 0 Å². The third kappa shape index (κ3) is 6.62. The fraction of sp³-hybridized carbons (Fsp3) is 0.565. The summed E-state index contributed by atoms with van der Waals surface area (Å²) < 4.78 is 6.03. The SMILES string of the molecule is Cc1cc(C)c(C)c(OCc2nc(CN(CC(C)C)C(=O)CC(C)C)cs2)c1. The van der Waals surface area contributed by atoms with E-state index >= 15 is 0 Å². The van der Waals surface area contributed by atoms with Crippen LogP contribution in [0.1, 0.15) is 61.5 Å². The molecule has 28 heavy (non-hydrogen) atoms. The molecule has 0 unspecified atom stereocenters. The van der Waals surface area contributed by atoms with Gasteiger partial charge < -0.3 is 9.64 Å². The van der Waals surface area contributed by atoms with E-state index in [2.05, 4.69) is 60.6 Å². The first-order chi connectivity index (χ1) is 13.2. The maximum atomic E-state index is 12.6. The minimum absolute atomic E-state index is 0.209. The van der Waals surface area contributed by atoms with Crippen molar-refractivity contribution in [3.63, 3.8) is 0 Å². The zero-order chi connectivity index (χ0) is 20.8. The topological polar surface area (TPSA) is 42.4 Å². The van der Waals surface area contributed by atoms with Crippen LogP contribution in [0.3, 0.4) is 0 Å². The summed E-state index contributed by atoms with van der Waals surface area (Å²) in [5.74, 6) is 1.93. The number of ether oxygens (including phenoxy) is 1. The van der Waals surface area contributed by atoms with E-state index in [-0.39, 0.29) is 5.91 Å². The maximum Gasteiger partial charge on any atom is 0.223 e. The molecule has 5 heteroatoms. The summed E-state index contributed by atoms with van der Waals surface area (Å²) in [6.45, 7) is 16.5. The number of hydrogen-bond donors (Lipinski definition) is 0. The molecule has 0 fully saturated rings. The Bertz CT molecular complexity index is 796. The summed E-state index contributed by atoms with van der Waals surface area (Å²) in [6, 6.07) is 4.24. The molecule has 0 saturated heterocycles. The Morgan fingerprint density at radius 1 is 1.14 bits per heavy atom. The number of rotatable bonds is 9. The molecular formula is C23H34N2O2S. The van der Waals surface area contributed by atoms with Crippen molar-refractivity contribution in [1.29, 1.82) is 0 Å². The number of carbonyl (C=O) groups is 1. The Balaban J connectivity index is 2.03. The van der Waals surface area contributed by atoms with Gasteiger partial charge in [0.1, 0.15) is 17.4 Å². The quantitative estimate of drug-likeness (QED) is 0.542. The summed E-state index contributed by atoms with van der Waals surface area (Å²) in [6.07, 6.45) is 0.582. The van der Waals surface area contributed by atoms with Crippen LogP contribution in [-0.4, -0.2) is 22.3 Å². The summed E-state index contributed by atoms with van der Waals surface area (Å²) in [7, 11) is 0. The molecule has 2 rings (SSSR count). The summed E-state index contributed by atoms with van der Waals surface area (Å²) >= 11 is 1.60. The largest absolute Gasteiger partial charge is 0.486 e. The number of hydrogen-bond acceptors (Lipinski definition) is 4. The van der Waals surface area contributed by atoms with Crippen molar-refractivity contribution >= 4 is 17.2 Å². The lowest BCUT2D eigenvalue weighted by Gasteiger charge is -2.24. The molecule has 4 nitrogen and oxygen atoms in total. The Kier molecular flexibility index (Phi) is 8.05. The molecule has 0 bridgehead atoms. The fourth-order valence-corrected chi connectivity index (χ4v) is 3.84. The molecular weight excluding hydrogens is 368 g/mol. The molecule has 0 atom stereocenters. The van der Waals surface area contributed by atoms with E-state index in [1.807, 2.05) is 10.3 Å². The molecule has 1 heterocycles. The molecule has 0 saturated carbocycles. The molecule has 0 radical (unpaired) electrons. The predicted octanol–water partition coefficient (Wildman–Crippen LogP) is 5.68. The molecule has 1 aromatic carbocycles. The number of amides is 1. The highest BCUT2D eigenvalue weighted by Crippen LogP contribution is 2.25. The van der Waals surface area contributed by atoms with Crippen molar-refractivity contribution in [2.75, 3.05) is 6.54 Å². The van der Waals surface area contributed by atoms with Crippen molar-refractivity contribution in [2.45, 2.75) is 68.0 Å². The molecule has 0 aliphatic rings. The fourth-order valence-electron chi connectivity index (χ4n) is 3.15. The van der Waals surface area contributed by atoms with Gasteiger partial charge in [0.15, 0.2) is 0 Å². The van der Waals surface area contributed by atoms with E-state index in [1.165, 1.54) is 16.7 Å². The lowest BCUT2D eigenvalue weighted by molar-refractivity contribution is -0.133. The van der Waals surface area contributed by atoms with E-state index in [9.17, 15) is 4.79 Å². The van der Waals surface area contributed by atoms with E-state index in [0.29, 0.717) is 31.4 Å². The van der Waals surface area contributed by atoms with Gasteiger partial charge in [-0.1, -0.05) is 33.8 Å². The molecule has 0 aliphatic carbocycles. The number of aryl methyl sites for hydroxylation is 2. The molecule has 0 spiro atoms. The van der Waals surface area contributed by atoms with Crippen molar-refractivity contribution in [1.82, 2.24) is 9.88 Å². The van der Waals surface area contributed by atoms with Gasteiger partial charge in [-0.2, -0.15) is 0 Å². The van der Waals surface area contributed by atoms with Gasteiger partial charge in [0.05, 0.1) is 12.2 Å². The smallest absolute Gasteiger partial charge is 0.223 e. The number of nitrogens with zero attached hydrogens (tertiary/aromatic N) is 2. The molecule has 2 aromatic rings. The lowest BCUT2D eigenvalue weighted by atomic mass is 10.1. The number of thiazole rings is 1. The molecule has 0 aliphatic heterocycles. The van der Waals surface area contributed by atoms with Crippen LogP contribution in [0.25, 0.3) is 0 Å². The second-order valence-electron chi connectivity index (χ2n) is 8.49. The van der Waals surface area contributed by atoms with Gasteiger partial charge in [-0.15, -0.1) is 11.3 Å². The summed E-state index contributed by atoms with van der Waals surface area (Å²) in [5.41, 5.74) is 4.55. The minimum atomic E-state index is 0.209. The zero-order valence-electron chi connectivity index (χ0n) is 18.3. The average molecular weight is 403 g/mol. The lowest BCUT2D eigenvalue weighted by Crippen LogP contribution is -2.34. The predicted molar refractivity (Wildman–Crippen MR) is 117 cm³/mol. The first-order valence-corrected chi connectivity index (χ1v) is 10.9. The first-order valence-electron chi connectivity index (χ1n) is 10.1. The zero-order valence-corrected chi connectivity index (χ0v) is 19.2. The Labute approximate surface area is 173 Å². The van der Waals surface area contributed by atoms with Crippen molar-refractivity contribution in [2.24, 2.45) is 11.8 Å². The van der Waals surface area contributed by atoms with Gasteiger partial charge in [0.2, 0.25) is 5.91 Å². The highest BCUT2D eigenvalue weighted by atomic mass is 32.1. The number of aromatic nitrogens is 1. The van der Waals surface area contributed by atoms with Crippen LogP contribution in [0.2, 0.25) is 0 Å². The van der Waals surface area contributed by atoms with E-state index in [0.717, 1.165) is 23.0 Å². The van der Waals surface area contributed by atoms with Crippen LogP contribution in [-0.2, 0) is 17.9 Å². The van der Waals surface area contributed by atoms with Crippen LogP contribution in [0, 0.1) is 32.6 Å². The standard InChI is InChI=1S/C23H34N2O2S/c1-15(2)8-23(26)25(11-16(3)4)12-20-14-28-22(24-20)13-27-21-10-17(5)9-18(6)19(21)7/h9-10,14-16H,8,11-13H2,1-7H3. The third-order valence-electron chi connectivity index (χ3n) is 4.59. The van der Waals surface area contributed by atoms with Gasteiger partial charge in [-0.25, -0.2) is 4.98 Å². The molecule has 1 aromatic heterocycles. The van der Waals surface area contributed by atoms with Crippen molar-refractivity contribution in [3.05, 3.63) is 44.9 Å². The van der Waals surface area contributed by atoms with Gasteiger partial charge in [-0.05, 0) is 55.4 Å². The van der Waals surface area contributed by atoms with Crippen LogP contribution in [0.4, 0.5) is 0 Å². The second-order valence-corrected chi connectivity index (χ2v) is 9.43. The maximum absolute atomic E-state index is 12.6. The monoisotopic (exact) mass is 402 g/mol. The van der Waals surface area contributed by atoms with Crippen molar-refractivity contribution in [3.8, 4) is 5.75 Å². The van der Waals surface area contributed by atoms with E-state index in [1.54, 1.807) is 11.3 Å². The third-order valence-corrected chi connectivity index (χ3v) is 5.46. The van der Waals surface area contributed by atoms with Gasteiger partial charge >= 0.3 is 0 Å². The van der Waals surface area contributed by atoms with E-state index in [4.69, 9.17) is 9.72 Å². The summed E-state index contributed by atoms with van der Waals surface area (Å²) in [5, 5.41) is 2.98. The summed E-state index contributed by atoms with van der Waals surface area (Å²) in [4.78, 5) is 19.2.